The van der Waals surface area contributed by atoms with Crippen LogP contribution in [-0.4, -0.2) is 9.97 Å². The SMILES string of the molecule is CC(C)Cc1[nH]c(C2CC2C)nc(=S)c1Br. The molecule has 1 saturated carbocycles. The zero-order chi connectivity index (χ0) is 11.9. The number of halogens is 1. The fourth-order valence-corrected chi connectivity index (χ4v) is 2.52. The van der Waals surface area contributed by atoms with Crippen molar-refractivity contribution in [2.45, 2.75) is 39.5 Å². The lowest BCUT2D eigenvalue weighted by Crippen LogP contribution is -2.04. The Morgan fingerprint density at radius 1 is 1.56 bits per heavy atom. The van der Waals surface area contributed by atoms with Gasteiger partial charge in [-0.2, -0.15) is 0 Å². The number of nitrogens with zero attached hydrogens (tertiary/aromatic N) is 1. The lowest BCUT2D eigenvalue weighted by molar-refractivity contribution is 0.626. The first-order valence-electron chi connectivity index (χ1n) is 5.77. The molecule has 88 valence electrons. The van der Waals surface area contributed by atoms with Gasteiger partial charge in [0.2, 0.25) is 0 Å². The number of aromatic nitrogens is 2. The van der Waals surface area contributed by atoms with Gasteiger partial charge in [0.15, 0.2) is 0 Å². The summed E-state index contributed by atoms with van der Waals surface area (Å²) in [5.74, 6) is 3.05. The van der Waals surface area contributed by atoms with Gasteiger partial charge in [-0.1, -0.05) is 33.0 Å². The van der Waals surface area contributed by atoms with Gasteiger partial charge in [0.05, 0.1) is 4.47 Å². The molecule has 1 heterocycles. The third kappa shape index (κ3) is 2.54. The van der Waals surface area contributed by atoms with E-state index >= 15 is 0 Å². The molecule has 1 aromatic heterocycles. The average molecular weight is 301 g/mol. The molecule has 0 radical (unpaired) electrons. The minimum atomic E-state index is 0.598. The van der Waals surface area contributed by atoms with Crippen molar-refractivity contribution in [3.8, 4) is 0 Å². The second-order valence-electron chi connectivity index (χ2n) is 5.14. The van der Waals surface area contributed by atoms with E-state index in [2.05, 4.69) is 46.7 Å². The lowest BCUT2D eigenvalue weighted by Gasteiger charge is -2.10. The quantitative estimate of drug-likeness (QED) is 0.847. The van der Waals surface area contributed by atoms with Gasteiger partial charge in [0.1, 0.15) is 10.5 Å². The summed E-state index contributed by atoms with van der Waals surface area (Å²) in [6.07, 6.45) is 2.25. The van der Waals surface area contributed by atoms with E-state index < -0.39 is 0 Å². The van der Waals surface area contributed by atoms with Gasteiger partial charge >= 0.3 is 0 Å². The van der Waals surface area contributed by atoms with Crippen LogP contribution in [0.15, 0.2) is 4.47 Å². The largest absolute Gasteiger partial charge is 0.346 e. The van der Waals surface area contributed by atoms with Gasteiger partial charge in [-0.05, 0) is 40.6 Å². The van der Waals surface area contributed by atoms with Crippen LogP contribution in [0.1, 0.15) is 44.6 Å². The van der Waals surface area contributed by atoms with Crippen LogP contribution in [0, 0.1) is 16.5 Å². The van der Waals surface area contributed by atoms with Gasteiger partial charge in [-0.25, -0.2) is 4.98 Å². The van der Waals surface area contributed by atoms with Crippen molar-refractivity contribution in [3.63, 3.8) is 0 Å². The summed E-state index contributed by atoms with van der Waals surface area (Å²) in [6, 6.07) is 0. The summed E-state index contributed by atoms with van der Waals surface area (Å²) in [6.45, 7) is 6.68. The van der Waals surface area contributed by atoms with Crippen molar-refractivity contribution in [1.29, 1.82) is 0 Å². The first-order valence-corrected chi connectivity index (χ1v) is 6.97. The molecule has 1 fully saturated rings. The molecule has 1 aliphatic carbocycles. The summed E-state index contributed by atoms with van der Waals surface area (Å²) in [5.41, 5.74) is 1.20. The Morgan fingerprint density at radius 2 is 2.19 bits per heavy atom. The first kappa shape index (κ1) is 12.2. The number of rotatable bonds is 3. The Morgan fingerprint density at radius 3 is 2.69 bits per heavy atom. The molecule has 0 aliphatic heterocycles. The van der Waals surface area contributed by atoms with E-state index in [1.54, 1.807) is 0 Å². The number of hydrogen-bond donors (Lipinski definition) is 1. The van der Waals surface area contributed by atoms with E-state index in [9.17, 15) is 0 Å². The van der Waals surface area contributed by atoms with E-state index in [1.165, 1.54) is 12.1 Å². The van der Waals surface area contributed by atoms with E-state index in [1.807, 2.05) is 0 Å². The summed E-state index contributed by atoms with van der Waals surface area (Å²) in [7, 11) is 0. The zero-order valence-electron chi connectivity index (χ0n) is 9.88. The first-order chi connectivity index (χ1) is 7.49. The molecule has 4 heteroatoms. The highest BCUT2D eigenvalue weighted by atomic mass is 79.9. The Labute approximate surface area is 110 Å². The normalized spacial score (nSPS) is 23.8. The highest BCUT2D eigenvalue weighted by Crippen LogP contribution is 2.45. The molecule has 1 aliphatic rings. The smallest absolute Gasteiger partial charge is 0.144 e. The monoisotopic (exact) mass is 300 g/mol. The van der Waals surface area contributed by atoms with Crippen molar-refractivity contribution in [1.82, 2.24) is 9.97 Å². The molecule has 2 atom stereocenters. The molecule has 1 N–H and O–H groups in total. The van der Waals surface area contributed by atoms with Crippen LogP contribution >= 0.6 is 28.1 Å². The van der Waals surface area contributed by atoms with Crippen molar-refractivity contribution < 1.29 is 0 Å². The van der Waals surface area contributed by atoms with Crippen LogP contribution in [-0.2, 0) is 6.42 Å². The maximum atomic E-state index is 5.29. The van der Waals surface area contributed by atoms with E-state index in [0.717, 1.165) is 22.6 Å². The Kier molecular flexibility index (Phi) is 3.50. The molecule has 0 spiro atoms. The fourth-order valence-electron chi connectivity index (χ4n) is 1.95. The van der Waals surface area contributed by atoms with Gasteiger partial charge < -0.3 is 4.98 Å². The third-order valence-electron chi connectivity index (χ3n) is 3.03. The number of hydrogen-bond acceptors (Lipinski definition) is 2. The zero-order valence-corrected chi connectivity index (χ0v) is 12.3. The summed E-state index contributed by atoms with van der Waals surface area (Å²) >= 11 is 8.82. The molecule has 0 amide bonds. The van der Waals surface area contributed by atoms with Crippen molar-refractivity contribution in [2.24, 2.45) is 11.8 Å². The van der Waals surface area contributed by atoms with Crippen molar-refractivity contribution >= 4 is 28.1 Å². The Balaban J connectivity index is 2.35. The van der Waals surface area contributed by atoms with E-state index in [4.69, 9.17) is 12.2 Å². The molecule has 2 nitrogen and oxygen atoms in total. The number of nitrogens with one attached hydrogen (secondary N) is 1. The highest BCUT2D eigenvalue weighted by Gasteiger charge is 2.36. The molecule has 0 aromatic carbocycles. The molecule has 2 unspecified atom stereocenters. The van der Waals surface area contributed by atoms with Crippen molar-refractivity contribution in [3.05, 3.63) is 20.6 Å². The van der Waals surface area contributed by atoms with E-state index in [-0.39, 0.29) is 0 Å². The molecular formula is C12H17BrN2S. The van der Waals surface area contributed by atoms with Gasteiger partial charge in [-0.3, -0.25) is 0 Å². The predicted molar refractivity (Wildman–Crippen MR) is 72.2 cm³/mol. The molecule has 0 saturated heterocycles. The molecular weight excluding hydrogens is 284 g/mol. The van der Waals surface area contributed by atoms with Gasteiger partial charge in [0, 0.05) is 11.6 Å². The second kappa shape index (κ2) is 4.57. The highest BCUT2D eigenvalue weighted by molar-refractivity contribution is 9.10. The Hall–Kier alpha value is -0.220. The summed E-state index contributed by atoms with van der Waals surface area (Å²) in [5, 5.41) is 0. The van der Waals surface area contributed by atoms with Crippen LogP contribution in [0.3, 0.4) is 0 Å². The lowest BCUT2D eigenvalue weighted by atomic mass is 10.1. The summed E-state index contributed by atoms with van der Waals surface area (Å²) < 4.78 is 1.66. The topological polar surface area (TPSA) is 28.7 Å². The summed E-state index contributed by atoms with van der Waals surface area (Å²) in [4.78, 5) is 7.92. The van der Waals surface area contributed by atoms with Crippen LogP contribution in [0.2, 0.25) is 0 Å². The minimum absolute atomic E-state index is 0.598. The Bertz CT molecular complexity index is 453. The fraction of sp³-hybridized carbons (Fsp3) is 0.667. The number of aromatic amines is 1. The third-order valence-corrected chi connectivity index (χ3v) is 4.44. The maximum absolute atomic E-state index is 5.29. The molecule has 0 bridgehead atoms. The van der Waals surface area contributed by atoms with Crippen LogP contribution in [0.25, 0.3) is 0 Å². The van der Waals surface area contributed by atoms with Crippen molar-refractivity contribution in [2.75, 3.05) is 0 Å². The number of H-pyrrole nitrogens is 1. The van der Waals surface area contributed by atoms with Crippen LogP contribution in [0.4, 0.5) is 0 Å². The van der Waals surface area contributed by atoms with Gasteiger partial charge in [0.25, 0.3) is 0 Å². The van der Waals surface area contributed by atoms with E-state index in [0.29, 0.717) is 16.5 Å². The standard InChI is InChI=1S/C12H17BrN2S/c1-6(2)4-9-10(13)12(16)15-11(14-9)8-5-7(8)3/h6-8H,4-5H2,1-3H3,(H,14,15,16). The predicted octanol–water partition coefficient (Wildman–Crippen LogP) is 4.22. The average Bonchev–Trinajstić information content (AvgIpc) is 2.89. The van der Waals surface area contributed by atoms with Crippen LogP contribution < -0.4 is 0 Å². The van der Waals surface area contributed by atoms with Crippen LogP contribution in [0.5, 0.6) is 0 Å². The maximum Gasteiger partial charge on any atom is 0.144 e. The van der Waals surface area contributed by atoms with Gasteiger partial charge in [-0.15, -0.1) is 0 Å². The molecule has 16 heavy (non-hydrogen) atoms. The molecule has 1 aromatic rings. The minimum Gasteiger partial charge on any atom is -0.346 e. The molecule has 2 rings (SSSR count). The second-order valence-corrected chi connectivity index (χ2v) is 6.32.